The fourth-order valence-corrected chi connectivity index (χ4v) is 1.36. The Labute approximate surface area is 113 Å². The average molecular weight is 290 g/mol. The Morgan fingerprint density at radius 3 is 2.25 bits per heavy atom. The van der Waals surface area contributed by atoms with Crippen molar-refractivity contribution in [2.75, 3.05) is 6.61 Å². The van der Waals surface area contributed by atoms with E-state index < -0.39 is 12.3 Å². The van der Waals surface area contributed by atoms with Crippen LogP contribution in [-0.2, 0) is 4.79 Å². The first kappa shape index (κ1) is 15.9. The Kier molecular flexibility index (Phi) is 5.42. The van der Waals surface area contributed by atoms with E-state index in [-0.39, 0.29) is 17.9 Å². The molecule has 0 saturated carbocycles. The van der Waals surface area contributed by atoms with Gasteiger partial charge in [0.05, 0.1) is 0 Å². The number of rotatable bonds is 6. The van der Waals surface area contributed by atoms with Gasteiger partial charge in [-0.05, 0) is 36.8 Å². The first-order valence-electron chi connectivity index (χ1n) is 5.72. The first-order chi connectivity index (χ1) is 9.31. The van der Waals surface area contributed by atoms with Gasteiger partial charge in [-0.15, -0.1) is 13.2 Å². The highest BCUT2D eigenvalue weighted by Gasteiger charge is 2.30. The second-order valence-corrected chi connectivity index (χ2v) is 3.72. The zero-order valence-corrected chi connectivity index (χ0v) is 10.6. The molecule has 0 aromatic heterocycles. The van der Waals surface area contributed by atoms with Gasteiger partial charge in [-0.2, -0.15) is 0 Å². The number of halogens is 3. The van der Waals surface area contributed by atoms with Crippen molar-refractivity contribution in [3.63, 3.8) is 0 Å². The molecule has 0 aliphatic carbocycles. The third-order valence-corrected chi connectivity index (χ3v) is 2.29. The van der Waals surface area contributed by atoms with Crippen LogP contribution in [0.1, 0.15) is 13.3 Å². The molecule has 1 aromatic rings. The Morgan fingerprint density at radius 1 is 1.25 bits per heavy atom. The number of carboxylic acids is 1. The Bertz CT molecular complexity index is 477. The normalized spacial score (nSPS) is 12.1. The van der Waals surface area contributed by atoms with Crippen molar-refractivity contribution in [1.82, 2.24) is 0 Å². The Hall–Kier alpha value is -2.18. The summed E-state index contributed by atoms with van der Waals surface area (Å²) in [5.41, 5.74) is 0.210. The number of aliphatic carboxylic acids is 1. The zero-order valence-electron chi connectivity index (χ0n) is 10.6. The number of carboxylic acid groups (broad SMARTS) is 1. The van der Waals surface area contributed by atoms with E-state index in [0.29, 0.717) is 12.2 Å². The van der Waals surface area contributed by atoms with E-state index in [1.165, 1.54) is 18.2 Å². The lowest BCUT2D eigenvalue weighted by atomic mass is 10.2. The van der Waals surface area contributed by atoms with E-state index in [0.717, 1.165) is 12.1 Å². The first-order valence-corrected chi connectivity index (χ1v) is 5.72. The molecule has 0 aliphatic heterocycles. The molecular formula is C13H13F3O4. The molecule has 0 unspecified atom stereocenters. The van der Waals surface area contributed by atoms with Crippen molar-refractivity contribution in [3.05, 3.63) is 35.9 Å². The minimum Gasteiger partial charge on any atom is -0.490 e. The van der Waals surface area contributed by atoms with Crippen LogP contribution >= 0.6 is 0 Å². The van der Waals surface area contributed by atoms with E-state index in [1.54, 1.807) is 6.92 Å². The molecule has 0 atom stereocenters. The van der Waals surface area contributed by atoms with E-state index in [1.807, 2.05) is 0 Å². The van der Waals surface area contributed by atoms with Crippen molar-refractivity contribution in [1.29, 1.82) is 0 Å². The van der Waals surface area contributed by atoms with Gasteiger partial charge >= 0.3 is 12.3 Å². The molecule has 0 heterocycles. The summed E-state index contributed by atoms with van der Waals surface area (Å²) in [6, 6.07) is 4.84. The summed E-state index contributed by atoms with van der Waals surface area (Å²) in [7, 11) is 0. The minimum atomic E-state index is -4.73. The topological polar surface area (TPSA) is 55.8 Å². The Morgan fingerprint density at radius 2 is 1.80 bits per heavy atom. The van der Waals surface area contributed by atoms with Gasteiger partial charge in [-0.1, -0.05) is 6.92 Å². The van der Waals surface area contributed by atoms with Crippen LogP contribution in [0.4, 0.5) is 13.2 Å². The predicted molar refractivity (Wildman–Crippen MR) is 64.6 cm³/mol. The molecule has 0 fully saturated rings. The predicted octanol–water partition coefficient (Wildman–Crippen LogP) is 3.39. The summed E-state index contributed by atoms with van der Waals surface area (Å²) in [5.74, 6) is -1.05. The highest BCUT2D eigenvalue weighted by Crippen LogP contribution is 2.24. The van der Waals surface area contributed by atoms with E-state index >= 15 is 0 Å². The number of hydrogen-bond acceptors (Lipinski definition) is 3. The number of alkyl halides is 3. The van der Waals surface area contributed by atoms with Crippen LogP contribution < -0.4 is 9.47 Å². The lowest BCUT2D eigenvalue weighted by molar-refractivity contribution is -0.274. The van der Waals surface area contributed by atoms with Crippen LogP contribution in [0.5, 0.6) is 11.5 Å². The van der Waals surface area contributed by atoms with Crippen molar-refractivity contribution >= 4 is 5.97 Å². The number of benzene rings is 1. The summed E-state index contributed by atoms with van der Waals surface area (Å²) >= 11 is 0. The fraction of sp³-hybridized carbons (Fsp3) is 0.308. The second-order valence-electron chi connectivity index (χ2n) is 3.72. The third kappa shape index (κ3) is 5.64. The van der Waals surface area contributed by atoms with Gasteiger partial charge in [0.1, 0.15) is 18.1 Å². The van der Waals surface area contributed by atoms with Crippen molar-refractivity contribution < 1.29 is 32.5 Å². The van der Waals surface area contributed by atoms with Crippen LogP contribution in [-0.4, -0.2) is 24.0 Å². The zero-order chi connectivity index (χ0) is 15.2. The van der Waals surface area contributed by atoms with Gasteiger partial charge in [0.2, 0.25) is 0 Å². The van der Waals surface area contributed by atoms with Gasteiger partial charge in [-0.3, -0.25) is 0 Å². The fourth-order valence-electron chi connectivity index (χ4n) is 1.36. The SMILES string of the molecule is CC/C(=C/COc1ccc(OC(F)(F)F)cc1)C(=O)O. The standard InChI is InChI=1S/C13H13F3O4/c1-2-9(12(17)18)7-8-19-10-3-5-11(6-4-10)20-13(14,15)16/h3-7H,2,8H2,1H3,(H,17,18)/b9-7-. The molecule has 4 nitrogen and oxygen atoms in total. The minimum absolute atomic E-state index is 0.0228. The maximum atomic E-state index is 11.9. The van der Waals surface area contributed by atoms with Gasteiger partial charge in [0, 0.05) is 5.57 Å². The number of ether oxygens (including phenoxy) is 2. The van der Waals surface area contributed by atoms with Crippen LogP contribution in [0.2, 0.25) is 0 Å². The monoisotopic (exact) mass is 290 g/mol. The van der Waals surface area contributed by atoms with Crippen LogP contribution in [0.3, 0.4) is 0 Å². The molecule has 0 radical (unpaired) electrons. The number of hydrogen-bond donors (Lipinski definition) is 1. The molecule has 20 heavy (non-hydrogen) atoms. The van der Waals surface area contributed by atoms with Gasteiger partial charge in [0.15, 0.2) is 0 Å². The molecule has 1 N–H and O–H groups in total. The van der Waals surface area contributed by atoms with Gasteiger partial charge in [0.25, 0.3) is 0 Å². The lowest BCUT2D eigenvalue weighted by Gasteiger charge is -2.09. The molecule has 0 spiro atoms. The van der Waals surface area contributed by atoms with Gasteiger partial charge in [-0.25, -0.2) is 4.79 Å². The molecule has 0 amide bonds. The Balaban J connectivity index is 2.56. The van der Waals surface area contributed by atoms with Crippen LogP contribution in [0.25, 0.3) is 0 Å². The van der Waals surface area contributed by atoms with Crippen molar-refractivity contribution in [2.24, 2.45) is 0 Å². The molecule has 0 saturated heterocycles. The second kappa shape index (κ2) is 6.83. The molecule has 1 rings (SSSR count). The van der Waals surface area contributed by atoms with Crippen molar-refractivity contribution in [3.8, 4) is 11.5 Å². The summed E-state index contributed by atoms with van der Waals surface area (Å²) in [4.78, 5) is 10.7. The molecule has 110 valence electrons. The quantitative estimate of drug-likeness (QED) is 0.816. The lowest BCUT2D eigenvalue weighted by Crippen LogP contribution is -2.16. The smallest absolute Gasteiger partial charge is 0.490 e. The highest BCUT2D eigenvalue weighted by atomic mass is 19.4. The van der Waals surface area contributed by atoms with Crippen LogP contribution in [0, 0.1) is 0 Å². The molecular weight excluding hydrogens is 277 g/mol. The van der Waals surface area contributed by atoms with Crippen molar-refractivity contribution in [2.45, 2.75) is 19.7 Å². The molecule has 7 heteroatoms. The molecule has 1 aromatic carbocycles. The highest BCUT2D eigenvalue weighted by molar-refractivity contribution is 5.86. The van der Waals surface area contributed by atoms with E-state index in [4.69, 9.17) is 9.84 Å². The molecule has 0 aliphatic rings. The van der Waals surface area contributed by atoms with Crippen LogP contribution in [0.15, 0.2) is 35.9 Å². The summed E-state index contributed by atoms with van der Waals surface area (Å²) in [6.45, 7) is 1.72. The largest absolute Gasteiger partial charge is 0.573 e. The molecule has 0 bridgehead atoms. The summed E-state index contributed by atoms with van der Waals surface area (Å²) in [6.07, 6.45) is -2.97. The summed E-state index contributed by atoms with van der Waals surface area (Å²) < 4.78 is 44.7. The summed E-state index contributed by atoms with van der Waals surface area (Å²) in [5, 5.41) is 8.77. The number of carbonyl (C=O) groups is 1. The van der Waals surface area contributed by atoms with Gasteiger partial charge < -0.3 is 14.6 Å². The van der Waals surface area contributed by atoms with E-state index in [9.17, 15) is 18.0 Å². The average Bonchev–Trinajstić information content (AvgIpc) is 2.34. The third-order valence-electron chi connectivity index (χ3n) is 2.29. The maximum absolute atomic E-state index is 11.9. The van der Waals surface area contributed by atoms with E-state index in [2.05, 4.69) is 4.74 Å². The maximum Gasteiger partial charge on any atom is 0.573 e.